The molecule has 0 saturated heterocycles. The molecule has 1 aromatic heterocycles. The lowest BCUT2D eigenvalue weighted by atomic mass is 10.1. The van der Waals surface area contributed by atoms with Crippen LogP contribution in [0.3, 0.4) is 0 Å². The number of guanidine groups is 1. The van der Waals surface area contributed by atoms with Crippen LogP contribution in [0, 0.1) is 0 Å². The largest absolute Gasteiger partial charge is 0.383 e. The summed E-state index contributed by atoms with van der Waals surface area (Å²) in [5.74, 6) is 0.573. The van der Waals surface area contributed by atoms with Crippen molar-refractivity contribution in [3.8, 4) is 0 Å². The molecule has 0 radical (unpaired) electrons. The van der Waals surface area contributed by atoms with E-state index in [0.717, 1.165) is 10.6 Å². The predicted octanol–water partition coefficient (Wildman–Crippen LogP) is 4.20. The van der Waals surface area contributed by atoms with Gasteiger partial charge in [-0.25, -0.2) is 4.99 Å². The SMILES string of the molecule is CCNC(=NCC(C)(O)c1cccs1)NCCCC(=O)Nc1ccc(Cl)cc1.I. The number of halogens is 2. The molecular weight excluding hydrogens is 523 g/mol. The number of thiophene rings is 1. The standard InChI is InChI=1S/C20H27ClN4O2S.HI/c1-3-22-19(24-14-20(2,27)17-6-5-13-28-17)23-12-4-7-18(26)25-16-10-8-15(21)9-11-16;/h5-6,8-11,13,27H,3-4,7,12,14H2,1-2H3,(H,25,26)(H2,22,23,24);1H. The van der Waals surface area contributed by atoms with Gasteiger partial charge in [-0.2, -0.15) is 0 Å². The highest BCUT2D eigenvalue weighted by Crippen LogP contribution is 2.25. The first-order valence-electron chi connectivity index (χ1n) is 9.24. The average molecular weight is 551 g/mol. The van der Waals surface area contributed by atoms with Crippen molar-refractivity contribution in [2.75, 3.05) is 25.0 Å². The molecule has 0 aliphatic rings. The van der Waals surface area contributed by atoms with Crippen molar-refractivity contribution in [3.05, 3.63) is 51.7 Å². The summed E-state index contributed by atoms with van der Waals surface area (Å²) in [7, 11) is 0. The van der Waals surface area contributed by atoms with E-state index in [2.05, 4.69) is 20.9 Å². The Hall–Kier alpha value is -1.36. The van der Waals surface area contributed by atoms with Crippen molar-refractivity contribution < 1.29 is 9.90 Å². The Morgan fingerprint density at radius 3 is 2.59 bits per heavy atom. The van der Waals surface area contributed by atoms with Gasteiger partial charge in [-0.05, 0) is 56.0 Å². The molecule has 2 rings (SSSR count). The number of carbonyl (C=O) groups excluding carboxylic acids is 1. The second-order valence-corrected chi connectivity index (χ2v) is 7.92. The highest BCUT2D eigenvalue weighted by Gasteiger charge is 2.23. The van der Waals surface area contributed by atoms with E-state index in [-0.39, 0.29) is 36.4 Å². The maximum atomic E-state index is 12.0. The van der Waals surface area contributed by atoms with Crippen molar-refractivity contribution in [2.24, 2.45) is 4.99 Å². The molecule has 0 aliphatic carbocycles. The minimum absolute atomic E-state index is 0. The Morgan fingerprint density at radius 1 is 1.24 bits per heavy atom. The van der Waals surface area contributed by atoms with Gasteiger partial charge >= 0.3 is 0 Å². The molecule has 1 unspecified atom stereocenters. The number of hydrogen-bond acceptors (Lipinski definition) is 4. The summed E-state index contributed by atoms with van der Waals surface area (Å²) in [6.07, 6.45) is 1.05. The van der Waals surface area contributed by atoms with E-state index < -0.39 is 5.60 Å². The van der Waals surface area contributed by atoms with Crippen molar-refractivity contribution in [1.82, 2.24) is 10.6 Å². The van der Waals surface area contributed by atoms with Crippen LogP contribution in [0.2, 0.25) is 5.02 Å². The molecule has 1 atom stereocenters. The summed E-state index contributed by atoms with van der Waals surface area (Å²) in [6.45, 7) is 5.30. The van der Waals surface area contributed by atoms with Gasteiger partial charge in [0.2, 0.25) is 5.91 Å². The minimum Gasteiger partial charge on any atom is -0.383 e. The number of carbonyl (C=O) groups is 1. The van der Waals surface area contributed by atoms with Gasteiger partial charge in [-0.15, -0.1) is 35.3 Å². The minimum atomic E-state index is -1.00. The van der Waals surface area contributed by atoms with Crippen LogP contribution in [0.1, 0.15) is 31.6 Å². The van der Waals surface area contributed by atoms with Gasteiger partial charge in [0.15, 0.2) is 5.96 Å². The van der Waals surface area contributed by atoms with Crippen molar-refractivity contribution in [1.29, 1.82) is 0 Å². The number of nitrogens with zero attached hydrogens (tertiary/aromatic N) is 1. The zero-order valence-electron chi connectivity index (χ0n) is 16.6. The van der Waals surface area contributed by atoms with Gasteiger partial charge in [0.25, 0.3) is 0 Å². The van der Waals surface area contributed by atoms with Gasteiger partial charge in [0, 0.05) is 35.1 Å². The summed E-state index contributed by atoms with van der Waals surface area (Å²) < 4.78 is 0. The van der Waals surface area contributed by atoms with E-state index in [1.165, 1.54) is 11.3 Å². The molecule has 9 heteroatoms. The normalized spacial score (nSPS) is 13.2. The van der Waals surface area contributed by atoms with Crippen molar-refractivity contribution >= 4 is 64.5 Å². The van der Waals surface area contributed by atoms with Gasteiger partial charge in [-0.3, -0.25) is 4.79 Å². The first-order valence-corrected chi connectivity index (χ1v) is 10.5. The van der Waals surface area contributed by atoms with Crippen LogP contribution in [0.5, 0.6) is 0 Å². The van der Waals surface area contributed by atoms with Crippen molar-refractivity contribution in [3.63, 3.8) is 0 Å². The third-order valence-electron chi connectivity index (χ3n) is 3.94. The second-order valence-electron chi connectivity index (χ2n) is 6.53. The molecule has 0 aliphatic heterocycles. The first-order chi connectivity index (χ1) is 13.4. The predicted molar refractivity (Wildman–Crippen MR) is 133 cm³/mol. The summed E-state index contributed by atoms with van der Waals surface area (Å²) in [5.41, 5.74) is -0.275. The Balaban J connectivity index is 0.00000420. The fourth-order valence-corrected chi connectivity index (χ4v) is 3.36. The lowest BCUT2D eigenvalue weighted by Crippen LogP contribution is -2.39. The van der Waals surface area contributed by atoms with E-state index >= 15 is 0 Å². The molecule has 6 nitrogen and oxygen atoms in total. The number of hydrogen-bond donors (Lipinski definition) is 4. The van der Waals surface area contributed by atoms with E-state index in [1.54, 1.807) is 31.2 Å². The molecule has 0 saturated carbocycles. The molecule has 0 bridgehead atoms. The number of aliphatic imine (C=N–C) groups is 1. The molecule has 29 heavy (non-hydrogen) atoms. The van der Waals surface area contributed by atoms with Crippen LogP contribution in [0.4, 0.5) is 5.69 Å². The van der Waals surface area contributed by atoms with Crippen LogP contribution >= 0.6 is 46.9 Å². The molecule has 1 heterocycles. The number of rotatable bonds is 9. The van der Waals surface area contributed by atoms with Gasteiger partial charge in [0.1, 0.15) is 5.60 Å². The lowest BCUT2D eigenvalue weighted by molar-refractivity contribution is -0.116. The number of anilines is 1. The maximum Gasteiger partial charge on any atom is 0.224 e. The smallest absolute Gasteiger partial charge is 0.224 e. The van der Waals surface area contributed by atoms with E-state index in [1.807, 2.05) is 24.4 Å². The molecule has 2 aromatic rings. The summed E-state index contributed by atoms with van der Waals surface area (Å²) in [4.78, 5) is 17.4. The van der Waals surface area contributed by atoms with Crippen LogP contribution in [-0.2, 0) is 10.4 Å². The van der Waals surface area contributed by atoms with E-state index in [0.29, 0.717) is 36.9 Å². The second kappa shape index (κ2) is 13.0. The number of aliphatic hydroxyl groups is 1. The Bertz CT molecular complexity index is 767. The Morgan fingerprint density at radius 2 is 1.97 bits per heavy atom. The molecule has 0 fully saturated rings. The van der Waals surface area contributed by atoms with Gasteiger partial charge in [-0.1, -0.05) is 17.7 Å². The van der Waals surface area contributed by atoms with E-state index in [9.17, 15) is 9.90 Å². The fourth-order valence-electron chi connectivity index (χ4n) is 2.45. The average Bonchev–Trinajstić information content (AvgIpc) is 3.21. The number of nitrogens with one attached hydrogen (secondary N) is 3. The first kappa shape index (κ1) is 25.7. The fraction of sp³-hybridized carbons (Fsp3) is 0.400. The summed E-state index contributed by atoms with van der Waals surface area (Å²) in [6, 6.07) is 10.8. The highest BCUT2D eigenvalue weighted by atomic mass is 127. The third kappa shape index (κ3) is 9.33. The van der Waals surface area contributed by atoms with Gasteiger partial charge < -0.3 is 21.1 Å². The van der Waals surface area contributed by atoms with Crippen LogP contribution in [0.15, 0.2) is 46.8 Å². The molecule has 160 valence electrons. The molecule has 4 N–H and O–H groups in total. The van der Waals surface area contributed by atoms with Crippen LogP contribution in [-0.4, -0.2) is 36.6 Å². The lowest BCUT2D eigenvalue weighted by Gasteiger charge is -2.20. The van der Waals surface area contributed by atoms with Crippen LogP contribution < -0.4 is 16.0 Å². The highest BCUT2D eigenvalue weighted by molar-refractivity contribution is 14.0. The summed E-state index contributed by atoms with van der Waals surface area (Å²) in [5, 5.41) is 22.3. The zero-order chi connectivity index (χ0) is 20.4. The quantitative estimate of drug-likeness (QED) is 0.163. The maximum absolute atomic E-state index is 12.0. The zero-order valence-corrected chi connectivity index (χ0v) is 20.5. The summed E-state index contributed by atoms with van der Waals surface area (Å²) >= 11 is 7.34. The van der Waals surface area contributed by atoms with Crippen molar-refractivity contribution in [2.45, 2.75) is 32.3 Å². The Kier molecular flexibility index (Phi) is 11.6. The van der Waals surface area contributed by atoms with E-state index in [4.69, 9.17) is 11.6 Å². The number of amides is 1. The monoisotopic (exact) mass is 550 g/mol. The van der Waals surface area contributed by atoms with Crippen LogP contribution in [0.25, 0.3) is 0 Å². The molecule has 1 amide bonds. The topological polar surface area (TPSA) is 85.8 Å². The van der Waals surface area contributed by atoms with Gasteiger partial charge in [0.05, 0.1) is 6.54 Å². The molecule has 1 aromatic carbocycles. The Labute approximate surface area is 198 Å². The third-order valence-corrected chi connectivity index (χ3v) is 5.32. The molecular formula is C20H28ClIN4O2S. The molecule has 0 spiro atoms. The number of benzene rings is 1.